The van der Waals surface area contributed by atoms with Gasteiger partial charge in [-0.1, -0.05) is 73.2 Å². The van der Waals surface area contributed by atoms with Crippen molar-refractivity contribution in [2.75, 3.05) is 20.4 Å². The summed E-state index contributed by atoms with van der Waals surface area (Å²) in [6, 6.07) is 33.5. The highest BCUT2D eigenvalue weighted by Gasteiger charge is 2.44. The van der Waals surface area contributed by atoms with E-state index in [0.29, 0.717) is 0 Å². The minimum atomic E-state index is -1.70. The highest BCUT2D eigenvalue weighted by atomic mass is 31.2. The summed E-state index contributed by atoms with van der Waals surface area (Å²) in [5, 5.41) is 4.42. The van der Waals surface area contributed by atoms with Gasteiger partial charge in [-0.2, -0.15) is 0 Å². The highest BCUT2D eigenvalue weighted by Crippen LogP contribution is 2.55. The van der Waals surface area contributed by atoms with Crippen LogP contribution in [0.2, 0.25) is 0 Å². The van der Waals surface area contributed by atoms with Crippen molar-refractivity contribution < 1.29 is 9.47 Å². The van der Waals surface area contributed by atoms with Crippen LogP contribution >= 0.6 is 7.26 Å². The second-order valence-electron chi connectivity index (χ2n) is 8.69. The Morgan fingerprint density at radius 1 is 0.588 bits per heavy atom. The van der Waals surface area contributed by atoms with Gasteiger partial charge < -0.3 is 9.47 Å². The maximum atomic E-state index is 5.26. The topological polar surface area (TPSA) is 18.5 Å². The van der Waals surface area contributed by atoms with Gasteiger partial charge in [0.2, 0.25) is 0 Å². The van der Waals surface area contributed by atoms with Crippen molar-refractivity contribution in [3.8, 4) is 0 Å². The van der Waals surface area contributed by atoms with Gasteiger partial charge >= 0.3 is 0 Å². The standard InChI is InChI=1S/C31H40O2P/c1-32-31(33-2)26-18-7-5-3-4-6-8-19-27-34(28-20-12-9-13-21-28,29-22-14-10-15-23-29)30-24-16-11-17-25-30/h4,6,9-17,20-25,31H,3,5,7-8,18-19,26-27H2,1-2H3/q+1/b6-4-. The van der Waals surface area contributed by atoms with Crippen LogP contribution in [0.25, 0.3) is 0 Å². The average Bonchev–Trinajstić information content (AvgIpc) is 2.91. The van der Waals surface area contributed by atoms with Gasteiger partial charge in [0.25, 0.3) is 0 Å². The predicted octanol–water partition coefficient (Wildman–Crippen LogP) is 6.89. The minimum absolute atomic E-state index is 0.0574. The molecule has 180 valence electrons. The Labute approximate surface area is 207 Å². The average molecular weight is 476 g/mol. The molecule has 3 aromatic carbocycles. The number of ether oxygens (including phenoxy) is 2. The molecule has 0 heterocycles. The van der Waals surface area contributed by atoms with Crippen LogP contribution in [0.1, 0.15) is 44.9 Å². The van der Waals surface area contributed by atoms with Crippen LogP contribution in [0.5, 0.6) is 0 Å². The fourth-order valence-electron chi connectivity index (χ4n) is 4.65. The molecule has 0 aliphatic heterocycles. The van der Waals surface area contributed by atoms with Crippen LogP contribution in [-0.2, 0) is 9.47 Å². The third kappa shape index (κ3) is 7.37. The third-order valence-electron chi connectivity index (χ3n) is 6.46. The van der Waals surface area contributed by atoms with Crippen molar-refractivity contribution in [3.63, 3.8) is 0 Å². The lowest BCUT2D eigenvalue weighted by molar-refractivity contribution is -0.107. The van der Waals surface area contributed by atoms with E-state index >= 15 is 0 Å². The van der Waals surface area contributed by atoms with E-state index in [1.165, 1.54) is 41.3 Å². The second kappa shape index (κ2) is 14.9. The largest absolute Gasteiger partial charge is 0.356 e. The molecule has 2 nitrogen and oxygen atoms in total. The summed E-state index contributed by atoms with van der Waals surface area (Å²) >= 11 is 0. The Bertz CT molecular complexity index is 840. The van der Waals surface area contributed by atoms with Crippen LogP contribution in [0, 0.1) is 0 Å². The maximum Gasteiger partial charge on any atom is 0.156 e. The van der Waals surface area contributed by atoms with Gasteiger partial charge in [0.1, 0.15) is 23.2 Å². The molecule has 3 aromatic rings. The molecule has 0 aliphatic carbocycles. The van der Waals surface area contributed by atoms with Crippen molar-refractivity contribution in [3.05, 3.63) is 103 Å². The Hall–Kier alpha value is -2.25. The SMILES string of the molecule is COC(CCCCC/C=C\CCC[P+](c1ccccc1)(c1ccccc1)c1ccccc1)OC. The summed E-state index contributed by atoms with van der Waals surface area (Å²) in [7, 11) is 1.72. The zero-order valence-electron chi connectivity index (χ0n) is 20.8. The molecule has 0 aliphatic rings. The molecule has 0 unspecified atom stereocenters. The second-order valence-corrected chi connectivity index (χ2v) is 12.3. The van der Waals surface area contributed by atoms with Crippen LogP contribution in [0.4, 0.5) is 0 Å². The van der Waals surface area contributed by atoms with E-state index in [1.807, 2.05) is 0 Å². The number of hydrogen-bond acceptors (Lipinski definition) is 2. The van der Waals surface area contributed by atoms with Crippen LogP contribution in [-0.4, -0.2) is 26.7 Å². The molecule has 0 atom stereocenters. The van der Waals surface area contributed by atoms with Crippen molar-refractivity contribution >= 4 is 23.2 Å². The van der Waals surface area contributed by atoms with Crippen LogP contribution in [0.15, 0.2) is 103 Å². The van der Waals surface area contributed by atoms with E-state index in [1.54, 1.807) is 14.2 Å². The summed E-state index contributed by atoms with van der Waals surface area (Å²) < 4.78 is 10.5. The van der Waals surface area contributed by atoms with Crippen LogP contribution in [0.3, 0.4) is 0 Å². The van der Waals surface area contributed by atoms with Crippen molar-refractivity contribution in [1.29, 1.82) is 0 Å². The van der Waals surface area contributed by atoms with Crippen molar-refractivity contribution in [2.24, 2.45) is 0 Å². The van der Waals surface area contributed by atoms with Gasteiger partial charge in [0.15, 0.2) is 6.29 Å². The lowest BCUT2D eigenvalue weighted by Crippen LogP contribution is -2.33. The third-order valence-corrected chi connectivity index (χ3v) is 11.0. The summed E-state index contributed by atoms with van der Waals surface area (Å²) in [6.45, 7) is 0. The number of allylic oxidation sites excluding steroid dienone is 2. The molecular weight excluding hydrogens is 435 g/mol. The van der Waals surface area contributed by atoms with E-state index in [0.717, 1.165) is 25.7 Å². The molecule has 34 heavy (non-hydrogen) atoms. The number of rotatable bonds is 15. The summed E-state index contributed by atoms with van der Waals surface area (Å²) in [6.07, 6.45) is 13.9. The van der Waals surface area contributed by atoms with E-state index in [4.69, 9.17) is 9.47 Å². The molecule has 0 aromatic heterocycles. The van der Waals surface area contributed by atoms with Crippen LogP contribution < -0.4 is 15.9 Å². The molecule has 3 rings (SSSR count). The van der Waals surface area contributed by atoms with Crippen molar-refractivity contribution in [1.82, 2.24) is 0 Å². The molecule has 0 N–H and O–H groups in total. The normalized spacial score (nSPS) is 12.0. The summed E-state index contributed by atoms with van der Waals surface area (Å²) in [5.41, 5.74) is 0. The van der Waals surface area contributed by atoms with Gasteiger partial charge in [-0.15, -0.1) is 0 Å². The van der Waals surface area contributed by atoms with Crippen molar-refractivity contribution in [2.45, 2.75) is 51.2 Å². The lowest BCUT2D eigenvalue weighted by Gasteiger charge is -2.27. The molecule has 0 fully saturated rings. The minimum Gasteiger partial charge on any atom is -0.356 e. The highest BCUT2D eigenvalue weighted by molar-refractivity contribution is 7.95. The fourth-order valence-corrected chi connectivity index (χ4v) is 9.02. The first-order valence-corrected chi connectivity index (χ1v) is 14.5. The first-order valence-electron chi connectivity index (χ1n) is 12.6. The molecule has 0 saturated heterocycles. The first kappa shape index (κ1) is 26.4. The van der Waals surface area contributed by atoms with E-state index < -0.39 is 7.26 Å². The summed E-state index contributed by atoms with van der Waals surface area (Å²) in [4.78, 5) is 0. The van der Waals surface area contributed by atoms with Gasteiger partial charge in [-0.3, -0.25) is 0 Å². The molecular formula is C31H40O2P+. The van der Waals surface area contributed by atoms with E-state index in [-0.39, 0.29) is 6.29 Å². The Morgan fingerprint density at radius 2 is 1.03 bits per heavy atom. The molecule has 0 saturated carbocycles. The molecule has 3 heteroatoms. The zero-order chi connectivity index (χ0) is 23.9. The lowest BCUT2D eigenvalue weighted by atomic mass is 10.1. The maximum absolute atomic E-state index is 5.26. The van der Waals surface area contributed by atoms with E-state index in [9.17, 15) is 0 Å². The molecule has 0 bridgehead atoms. The van der Waals surface area contributed by atoms with Gasteiger partial charge in [-0.05, 0) is 74.9 Å². The zero-order valence-corrected chi connectivity index (χ0v) is 21.7. The monoisotopic (exact) mass is 475 g/mol. The molecule has 0 amide bonds. The smallest absolute Gasteiger partial charge is 0.156 e. The fraction of sp³-hybridized carbons (Fsp3) is 0.355. The Morgan fingerprint density at radius 3 is 1.47 bits per heavy atom. The number of benzene rings is 3. The molecule has 0 radical (unpaired) electrons. The number of hydrogen-bond donors (Lipinski definition) is 0. The Balaban J connectivity index is 1.63. The first-order chi connectivity index (χ1) is 16.8. The quantitative estimate of drug-likeness (QED) is 0.103. The van der Waals surface area contributed by atoms with Gasteiger partial charge in [-0.25, -0.2) is 0 Å². The van der Waals surface area contributed by atoms with E-state index in [2.05, 4.69) is 103 Å². The predicted molar refractivity (Wildman–Crippen MR) is 149 cm³/mol. The number of methoxy groups -OCH3 is 2. The number of unbranched alkanes of at least 4 members (excludes halogenated alkanes) is 4. The Kier molecular flexibility index (Phi) is 11.5. The van der Waals surface area contributed by atoms with Gasteiger partial charge in [0, 0.05) is 14.2 Å². The molecule has 0 spiro atoms. The summed E-state index contributed by atoms with van der Waals surface area (Å²) in [5.74, 6) is 0. The van der Waals surface area contributed by atoms with Gasteiger partial charge in [0.05, 0.1) is 6.16 Å².